The van der Waals surface area contributed by atoms with E-state index in [2.05, 4.69) is 0 Å². The van der Waals surface area contributed by atoms with Gasteiger partial charge in [0.25, 0.3) is 0 Å². The Hall–Kier alpha value is -0.110. The Balaban J connectivity index is 2.67. The molecule has 0 unspecified atom stereocenters. The monoisotopic (exact) mass is 306 g/mol. The third kappa shape index (κ3) is 4.44. The highest BCUT2D eigenvalue weighted by molar-refractivity contribution is 8.16. The van der Waals surface area contributed by atoms with E-state index >= 15 is 0 Å². The fraction of sp³-hybridized carbons (Fsp3) is 0.800. The Labute approximate surface area is 126 Å². The predicted octanol–water partition coefficient (Wildman–Crippen LogP) is 0.471. The summed E-state index contributed by atoms with van der Waals surface area (Å²) < 4.78 is 29.7. The van der Waals surface area contributed by atoms with Crippen molar-refractivity contribution in [3.63, 3.8) is 0 Å². The van der Waals surface area contributed by atoms with Crippen molar-refractivity contribution in [3.05, 3.63) is 0 Å². The normalized spacial score (nSPS) is 33.7. The lowest BCUT2D eigenvalue weighted by atomic mass is 9.84. The van der Waals surface area contributed by atoms with Gasteiger partial charge in [-0.3, -0.25) is 4.79 Å². The van der Waals surface area contributed by atoms with Crippen molar-refractivity contribution in [3.8, 4) is 0 Å². The van der Waals surface area contributed by atoms with E-state index in [1.807, 2.05) is 6.92 Å². The minimum absolute atomic E-state index is 0.138. The highest BCUT2D eigenvalue weighted by Gasteiger charge is 2.43. The summed E-state index contributed by atoms with van der Waals surface area (Å²) in [5, 5.41) is 0. The van der Waals surface area contributed by atoms with Crippen LogP contribution >= 0.6 is 23.8 Å². The van der Waals surface area contributed by atoms with Gasteiger partial charge in [-0.25, -0.2) is 0 Å². The summed E-state index contributed by atoms with van der Waals surface area (Å²) in [6.45, 7) is 3.58. The Bertz CT molecular complexity index is 355. The van der Waals surface area contributed by atoms with Gasteiger partial charge < -0.3 is 17.9 Å². The minimum atomic E-state index is -0.763. The molecule has 1 saturated heterocycles. The number of carbonyl (C=O) groups excluding carboxylic acids is 2. The molecule has 1 fully saturated rings. The Kier molecular flexibility index (Phi) is 6.01. The number of esters is 1. The van der Waals surface area contributed by atoms with Crippen LogP contribution in [0.15, 0.2) is 0 Å². The van der Waals surface area contributed by atoms with Crippen LogP contribution in [0, 0.1) is 11.8 Å². The molecule has 1 aliphatic rings. The maximum absolute atomic E-state index is 11.9. The van der Waals surface area contributed by atoms with Gasteiger partial charge >= 0.3 is 5.97 Å². The van der Waals surface area contributed by atoms with Crippen LogP contribution in [0.2, 0.25) is 0 Å². The molecule has 0 aliphatic carbocycles. The van der Waals surface area contributed by atoms with Crippen LogP contribution in [0.5, 0.6) is 0 Å². The topological polar surface area (TPSA) is 61.8 Å². The zero-order chi connectivity index (χ0) is 15.8. The van der Waals surface area contributed by atoms with Gasteiger partial charge in [-0.15, -0.1) is 0 Å². The molecule has 0 spiro atoms. The van der Waals surface area contributed by atoms with Crippen molar-refractivity contribution in [1.29, 1.82) is 2.67 Å². The third-order valence-electron chi connectivity index (χ3n) is 3.20. The van der Waals surface area contributed by atoms with Crippen LogP contribution in [0.4, 0.5) is 0 Å². The van der Waals surface area contributed by atoms with E-state index < -0.39 is 30.2 Å². The van der Waals surface area contributed by atoms with Crippen LogP contribution in [-0.2, 0) is 22.7 Å². The van der Waals surface area contributed by atoms with Crippen molar-refractivity contribution in [1.82, 2.24) is 0 Å². The van der Waals surface area contributed by atoms with E-state index in [1.54, 1.807) is 6.92 Å². The Morgan fingerprint density at radius 1 is 1.53 bits per heavy atom. The van der Waals surface area contributed by atoms with Crippen LogP contribution in [-0.4, -0.2) is 47.4 Å². The van der Waals surface area contributed by atoms with Crippen LogP contribution < -0.4 is 0 Å². The maximum Gasteiger partial charge on any atom is 0.311 e. The first-order valence-corrected chi connectivity index (χ1v) is 7.36. The largest absolute Gasteiger partial charge is 0.462 e. The summed E-state index contributed by atoms with van der Waals surface area (Å²) >= 11 is 1.62. The molecule has 1 aliphatic heterocycles. The zero-order valence-corrected chi connectivity index (χ0v) is 12.3. The molecule has 0 N–H and O–H groups in total. The van der Waals surface area contributed by atoms with Gasteiger partial charge in [0.2, 0.25) is 14.2 Å². The molecule has 0 aromatic heterocycles. The van der Waals surface area contributed by atoms with Gasteiger partial charge in [-0.2, -0.15) is 0 Å². The number of cyclic esters (lactones) is 1. The first kappa shape index (κ1) is 13.9. The van der Waals surface area contributed by atoms with Gasteiger partial charge in [0.1, 0.15) is 18.5 Å². The molecule has 0 saturated carbocycles. The summed E-state index contributed by atoms with van der Waals surface area (Å²) in [4.78, 5) is 22.8. The predicted molar refractivity (Wildman–Crippen MR) is 78.1 cm³/mol. The summed E-state index contributed by atoms with van der Waals surface area (Å²) in [7, 11) is 2.02. The third-order valence-corrected chi connectivity index (χ3v) is 3.89. The molecule has 0 amide bonds. The molecular formula is C10H16B2O5S2. The highest BCUT2D eigenvalue weighted by Crippen LogP contribution is 2.33. The van der Waals surface area contributed by atoms with E-state index in [9.17, 15) is 9.59 Å². The Morgan fingerprint density at radius 2 is 2.26 bits per heavy atom. The number of ether oxygens (including phenoxy) is 1. The van der Waals surface area contributed by atoms with Crippen LogP contribution in [0.25, 0.3) is 0 Å². The lowest BCUT2D eigenvalue weighted by Gasteiger charge is -2.38. The van der Waals surface area contributed by atoms with Crippen molar-refractivity contribution < 1.29 is 22.7 Å². The first-order valence-electron chi connectivity index (χ1n) is 6.90. The molecule has 0 aromatic carbocycles. The van der Waals surface area contributed by atoms with Crippen molar-refractivity contribution in [2.24, 2.45) is 11.8 Å². The van der Waals surface area contributed by atoms with E-state index in [0.29, 0.717) is 6.29 Å². The number of hydrogen-bond donors (Lipinski definition) is 0. The minimum Gasteiger partial charge on any atom is -0.462 e. The fourth-order valence-corrected chi connectivity index (χ4v) is 2.82. The second kappa shape index (κ2) is 8.24. The molecule has 0 bridgehead atoms. The lowest BCUT2D eigenvalue weighted by Crippen LogP contribution is -2.48. The van der Waals surface area contributed by atoms with Crippen molar-refractivity contribution in [2.45, 2.75) is 38.6 Å². The van der Waals surface area contributed by atoms with Crippen LogP contribution in [0.3, 0.4) is 0 Å². The molecular weight excluding hydrogens is 286 g/mol. The SMILES string of the molecule is [3H][B]SO[C@H]1[C@@H](C)[C@H](C[C@@H](C=O)OS[B][3H])OC(=O)[C@@H]1C. The molecule has 0 aromatic rings. The molecule has 5 nitrogen and oxygen atoms in total. The highest BCUT2D eigenvalue weighted by atomic mass is 32.2. The van der Waals surface area contributed by atoms with Gasteiger partial charge in [-0.1, -0.05) is 30.7 Å². The molecule has 1 heterocycles. The number of aldehydes is 1. The van der Waals surface area contributed by atoms with Gasteiger partial charge in [0, 0.05) is 12.3 Å². The average Bonchev–Trinajstić information content (AvgIpc) is 2.48. The smallest absolute Gasteiger partial charge is 0.311 e. The van der Waals surface area contributed by atoms with Gasteiger partial charge in [0.15, 0.2) is 0 Å². The first-order chi connectivity index (χ1) is 10.0. The lowest BCUT2D eigenvalue weighted by molar-refractivity contribution is -0.176. The van der Waals surface area contributed by atoms with Crippen LogP contribution in [0.1, 0.15) is 20.3 Å². The molecule has 9 heteroatoms. The van der Waals surface area contributed by atoms with E-state index in [0.717, 1.165) is 38.0 Å². The zero-order valence-electron chi connectivity index (χ0n) is 12.7. The molecule has 2 radical (unpaired) electrons. The molecule has 19 heavy (non-hydrogen) atoms. The fourth-order valence-electron chi connectivity index (χ4n) is 2.08. The standard InChI is InChI=1S/C10H16B2O5S2/c1-5-8(3-7(4-13)16-18-11)15-10(14)6(2)9(5)17-19-12/h4-9,11-12H,3H2,1-2H3/t5-,6+,7-,8-,9-/m0/s1/i11T,12T. The molecule has 1 rings (SSSR count). The van der Waals surface area contributed by atoms with E-state index in [1.165, 1.54) is 0 Å². The van der Waals surface area contributed by atoms with E-state index in [-0.39, 0.29) is 12.3 Å². The summed E-state index contributed by atoms with van der Waals surface area (Å²) in [5.41, 5.74) is 0. The average molecular weight is 306 g/mol. The number of rotatable bonds is 9. The summed E-state index contributed by atoms with van der Waals surface area (Å²) in [6.07, 6.45) is -0.838. The van der Waals surface area contributed by atoms with E-state index in [4.69, 9.17) is 15.8 Å². The summed E-state index contributed by atoms with van der Waals surface area (Å²) in [6, 6.07) is 0. The van der Waals surface area contributed by atoms with Crippen molar-refractivity contribution >= 4 is 50.2 Å². The quantitative estimate of drug-likeness (QED) is 0.266. The summed E-state index contributed by atoms with van der Waals surface area (Å²) in [5.74, 6) is -0.963. The second-order valence-corrected chi connectivity index (χ2v) is 5.15. The maximum atomic E-state index is 11.9. The number of hydrogen-bond acceptors (Lipinski definition) is 7. The Morgan fingerprint density at radius 3 is 2.89 bits per heavy atom. The second-order valence-electron chi connectivity index (χ2n) is 4.38. The van der Waals surface area contributed by atoms with Gasteiger partial charge in [-0.05, 0) is 9.60 Å². The number of carbonyl (C=O) groups is 2. The van der Waals surface area contributed by atoms with Crippen molar-refractivity contribution in [2.75, 3.05) is 0 Å². The molecule has 104 valence electrons. The molecule has 5 atom stereocenters. The van der Waals surface area contributed by atoms with Gasteiger partial charge in [0.05, 0.1) is 12.0 Å².